The van der Waals surface area contributed by atoms with Crippen molar-refractivity contribution in [1.29, 1.82) is 0 Å². The number of fused-ring (bicyclic) bond motifs is 1. The number of nitrogens with zero attached hydrogens (tertiary/aromatic N) is 2. The summed E-state index contributed by atoms with van der Waals surface area (Å²) in [4.78, 5) is 4.37. The predicted molar refractivity (Wildman–Crippen MR) is 85.5 cm³/mol. The number of nitrogens with two attached hydrogens (primary N) is 1. The van der Waals surface area contributed by atoms with Crippen LogP contribution in [0.3, 0.4) is 0 Å². The SMILES string of the molecule is COc1cc2nc(N)n(C(C)CCS(C)=O)c2cc1OC. The first kappa shape index (κ1) is 15.6. The maximum atomic E-state index is 11.3. The summed E-state index contributed by atoms with van der Waals surface area (Å²) in [5, 5.41) is 0. The fourth-order valence-electron chi connectivity index (χ4n) is 2.37. The minimum atomic E-state index is -0.818. The molecule has 1 aromatic carbocycles. The Balaban J connectivity index is 2.48. The molecular formula is C14H21N3O3S. The molecule has 21 heavy (non-hydrogen) atoms. The van der Waals surface area contributed by atoms with E-state index in [4.69, 9.17) is 15.2 Å². The number of ether oxygens (including phenoxy) is 2. The second kappa shape index (κ2) is 6.34. The first-order chi connectivity index (χ1) is 9.97. The summed E-state index contributed by atoms with van der Waals surface area (Å²) in [7, 11) is 2.36. The van der Waals surface area contributed by atoms with E-state index in [1.165, 1.54) is 0 Å². The Kier molecular flexibility index (Phi) is 4.72. The second-order valence-corrected chi connectivity index (χ2v) is 6.51. The molecule has 0 amide bonds. The van der Waals surface area contributed by atoms with Crippen LogP contribution in [-0.4, -0.2) is 40.0 Å². The van der Waals surface area contributed by atoms with Crippen molar-refractivity contribution >= 4 is 27.8 Å². The van der Waals surface area contributed by atoms with Crippen LogP contribution in [0, 0.1) is 0 Å². The third-order valence-corrected chi connectivity index (χ3v) is 4.30. The molecule has 7 heteroatoms. The van der Waals surface area contributed by atoms with Gasteiger partial charge in [-0.3, -0.25) is 4.21 Å². The highest BCUT2D eigenvalue weighted by molar-refractivity contribution is 7.84. The lowest BCUT2D eigenvalue weighted by Gasteiger charge is -2.16. The smallest absolute Gasteiger partial charge is 0.201 e. The Labute approximate surface area is 126 Å². The van der Waals surface area contributed by atoms with Crippen LogP contribution < -0.4 is 15.2 Å². The van der Waals surface area contributed by atoms with E-state index in [9.17, 15) is 4.21 Å². The van der Waals surface area contributed by atoms with Crippen molar-refractivity contribution < 1.29 is 13.7 Å². The zero-order valence-corrected chi connectivity index (χ0v) is 13.6. The van der Waals surface area contributed by atoms with Gasteiger partial charge in [0.15, 0.2) is 11.5 Å². The van der Waals surface area contributed by atoms with Gasteiger partial charge in [-0.25, -0.2) is 4.98 Å². The van der Waals surface area contributed by atoms with Crippen molar-refractivity contribution in [3.8, 4) is 11.5 Å². The fraction of sp³-hybridized carbons (Fsp3) is 0.500. The van der Waals surface area contributed by atoms with Crippen LogP contribution in [0.15, 0.2) is 12.1 Å². The lowest BCUT2D eigenvalue weighted by Crippen LogP contribution is -2.11. The van der Waals surface area contributed by atoms with Gasteiger partial charge in [0, 0.05) is 41.0 Å². The molecule has 0 saturated heterocycles. The number of anilines is 1. The van der Waals surface area contributed by atoms with E-state index in [2.05, 4.69) is 4.98 Å². The van der Waals surface area contributed by atoms with Crippen LogP contribution >= 0.6 is 0 Å². The van der Waals surface area contributed by atoms with Crippen molar-refractivity contribution in [1.82, 2.24) is 9.55 Å². The van der Waals surface area contributed by atoms with E-state index in [0.717, 1.165) is 17.5 Å². The third kappa shape index (κ3) is 3.12. The second-order valence-electron chi connectivity index (χ2n) is 4.95. The van der Waals surface area contributed by atoms with Crippen LogP contribution in [0.1, 0.15) is 19.4 Å². The number of methoxy groups -OCH3 is 2. The largest absolute Gasteiger partial charge is 0.493 e. The standard InChI is InChI=1S/C14H21N3O3S/c1-9(5-6-21(4)18)17-11-8-13(20-3)12(19-2)7-10(11)16-14(17)15/h7-9H,5-6H2,1-4H3,(H2,15,16). The molecule has 0 saturated carbocycles. The average Bonchev–Trinajstić information content (AvgIpc) is 2.77. The number of nitrogen functional groups attached to an aromatic ring is 1. The van der Waals surface area contributed by atoms with E-state index >= 15 is 0 Å². The zero-order chi connectivity index (χ0) is 15.6. The van der Waals surface area contributed by atoms with Crippen molar-refractivity contribution in [3.63, 3.8) is 0 Å². The van der Waals surface area contributed by atoms with Gasteiger partial charge in [0.2, 0.25) is 5.95 Å². The molecule has 2 atom stereocenters. The fourth-order valence-corrected chi connectivity index (χ4v) is 3.04. The maximum absolute atomic E-state index is 11.3. The van der Waals surface area contributed by atoms with Gasteiger partial charge < -0.3 is 19.8 Å². The molecule has 0 spiro atoms. The zero-order valence-electron chi connectivity index (χ0n) is 12.8. The van der Waals surface area contributed by atoms with Gasteiger partial charge in [-0.05, 0) is 13.3 Å². The molecule has 0 aliphatic carbocycles. The molecule has 6 nitrogen and oxygen atoms in total. The first-order valence-corrected chi connectivity index (χ1v) is 8.40. The van der Waals surface area contributed by atoms with Gasteiger partial charge in [0.05, 0.1) is 25.3 Å². The van der Waals surface area contributed by atoms with Gasteiger partial charge >= 0.3 is 0 Å². The molecule has 0 aliphatic heterocycles. The van der Waals surface area contributed by atoms with Crippen LogP contribution in [0.2, 0.25) is 0 Å². The molecule has 0 bridgehead atoms. The Hall–Kier alpha value is -1.76. The van der Waals surface area contributed by atoms with Gasteiger partial charge in [-0.15, -0.1) is 0 Å². The molecule has 1 heterocycles. The summed E-state index contributed by atoms with van der Waals surface area (Å²) in [6.07, 6.45) is 2.48. The Bertz CT molecular complexity index is 669. The van der Waals surface area contributed by atoms with E-state index in [1.807, 2.05) is 23.6 Å². The highest BCUT2D eigenvalue weighted by Gasteiger charge is 2.17. The summed E-state index contributed by atoms with van der Waals surface area (Å²) in [5.74, 6) is 2.33. The molecule has 2 rings (SSSR count). The van der Waals surface area contributed by atoms with Crippen LogP contribution in [-0.2, 0) is 10.8 Å². The quantitative estimate of drug-likeness (QED) is 0.882. The highest BCUT2D eigenvalue weighted by Crippen LogP contribution is 2.34. The minimum Gasteiger partial charge on any atom is -0.493 e. The molecule has 1 aromatic heterocycles. The lowest BCUT2D eigenvalue weighted by atomic mass is 10.2. The summed E-state index contributed by atoms with van der Waals surface area (Å²) in [6, 6.07) is 3.79. The Morgan fingerprint density at radius 1 is 1.33 bits per heavy atom. The number of hydrogen-bond acceptors (Lipinski definition) is 5. The van der Waals surface area contributed by atoms with Gasteiger partial charge in [-0.2, -0.15) is 0 Å². The molecule has 2 N–H and O–H groups in total. The lowest BCUT2D eigenvalue weighted by molar-refractivity contribution is 0.355. The van der Waals surface area contributed by atoms with Gasteiger partial charge in [0.1, 0.15) is 0 Å². The molecule has 116 valence electrons. The van der Waals surface area contributed by atoms with Crippen LogP contribution in [0.5, 0.6) is 11.5 Å². The third-order valence-electron chi connectivity index (χ3n) is 3.49. The minimum absolute atomic E-state index is 0.108. The number of rotatable bonds is 6. The number of hydrogen-bond donors (Lipinski definition) is 1. The van der Waals surface area contributed by atoms with Gasteiger partial charge in [-0.1, -0.05) is 0 Å². The molecule has 0 radical (unpaired) electrons. The van der Waals surface area contributed by atoms with Crippen molar-refractivity contribution in [2.24, 2.45) is 0 Å². The van der Waals surface area contributed by atoms with Crippen molar-refractivity contribution in [3.05, 3.63) is 12.1 Å². The molecule has 0 fully saturated rings. The molecule has 2 unspecified atom stereocenters. The van der Waals surface area contributed by atoms with Gasteiger partial charge in [0.25, 0.3) is 0 Å². The molecule has 2 aromatic rings. The van der Waals surface area contributed by atoms with Crippen molar-refractivity contribution in [2.45, 2.75) is 19.4 Å². The van der Waals surface area contributed by atoms with Crippen LogP contribution in [0.4, 0.5) is 5.95 Å². The highest BCUT2D eigenvalue weighted by atomic mass is 32.2. The average molecular weight is 311 g/mol. The van der Waals surface area contributed by atoms with E-state index in [1.54, 1.807) is 20.5 Å². The molecule has 0 aliphatic rings. The van der Waals surface area contributed by atoms with E-state index in [-0.39, 0.29) is 6.04 Å². The van der Waals surface area contributed by atoms with Crippen molar-refractivity contribution in [2.75, 3.05) is 32.0 Å². The van der Waals surface area contributed by atoms with Crippen LogP contribution in [0.25, 0.3) is 11.0 Å². The molecular weight excluding hydrogens is 290 g/mol. The number of benzene rings is 1. The maximum Gasteiger partial charge on any atom is 0.201 e. The number of aromatic nitrogens is 2. The predicted octanol–water partition coefficient (Wildman–Crippen LogP) is 1.97. The van der Waals surface area contributed by atoms with E-state index in [0.29, 0.717) is 23.2 Å². The number of imidazole rings is 1. The first-order valence-electron chi connectivity index (χ1n) is 6.67. The summed E-state index contributed by atoms with van der Waals surface area (Å²) in [5.41, 5.74) is 7.69. The Morgan fingerprint density at radius 2 is 1.95 bits per heavy atom. The topological polar surface area (TPSA) is 79.4 Å². The normalized spacial score (nSPS) is 14.1. The summed E-state index contributed by atoms with van der Waals surface area (Å²) in [6.45, 7) is 2.04. The monoisotopic (exact) mass is 311 g/mol. The van der Waals surface area contributed by atoms with E-state index < -0.39 is 10.8 Å². The summed E-state index contributed by atoms with van der Waals surface area (Å²) >= 11 is 0. The Morgan fingerprint density at radius 3 is 2.52 bits per heavy atom. The summed E-state index contributed by atoms with van der Waals surface area (Å²) < 4.78 is 23.8.